The maximum Gasteiger partial charge on any atom is 0.129 e. The molecule has 0 aliphatic heterocycles. The summed E-state index contributed by atoms with van der Waals surface area (Å²) in [5, 5.41) is 3.42. The third kappa shape index (κ3) is 4.20. The maximum absolute atomic E-state index is 4.86. The third-order valence-electron chi connectivity index (χ3n) is 3.94. The molecule has 0 saturated heterocycles. The topological polar surface area (TPSA) is 28.2 Å². The van der Waals surface area contributed by atoms with Gasteiger partial charge in [0.05, 0.1) is 0 Å². The number of hydrogen-bond donors (Lipinski definition) is 1. The van der Waals surface area contributed by atoms with Crippen LogP contribution in [0.2, 0.25) is 0 Å². The van der Waals surface area contributed by atoms with E-state index in [9.17, 15) is 0 Å². The van der Waals surface area contributed by atoms with E-state index in [4.69, 9.17) is 4.98 Å². The molecule has 1 aliphatic rings. The van der Waals surface area contributed by atoms with Gasteiger partial charge >= 0.3 is 0 Å². The van der Waals surface area contributed by atoms with E-state index in [0.29, 0.717) is 6.04 Å². The van der Waals surface area contributed by atoms with Crippen LogP contribution in [-0.2, 0) is 13.0 Å². The minimum absolute atomic E-state index is 0.516. The van der Waals surface area contributed by atoms with Crippen molar-refractivity contribution in [2.75, 3.05) is 18.0 Å². The van der Waals surface area contributed by atoms with Crippen LogP contribution in [-0.4, -0.2) is 24.1 Å². The van der Waals surface area contributed by atoms with Crippen molar-refractivity contribution < 1.29 is 0 Å². The first-order valence-corrected chi connectivity index (χ1v) is 8.11. The molecule has 0 spiro atoms. The molecule has 3 heteroatoms. The van der Waals surface area contributed by atoms with Crippen LogP contribution in [0.15, 0.2) is 12.1 Å². The van der Waals surface area contributed by atoms with Crippen LogP contribution >= 0.6 is 0 Å². The van der Waals surface area contributed by atoms with Crippen LogP contribution < -0.4 is 10.2 Å². The van der Waals surface area contributed by atoms with E-state index < -0.39 is 0 Å². The van der Waals surface area contributed by atoms with Gasteiger partial charge in [-0.15, -0.1) is 0 Å². The number of nitrogens with zero attached hydrogens (tertiary/aromatic N) is 2. The SMILES string of the molecule is CCNCc1cc(CC)nc(N(CC2CC2)C(C)C)c1. The molecule has 2 rings (SSSR count). The van der Waals surface area contributed by atoms with Crippen LogP contribution in [0.5, 0.6) is 0 Å². The first kappa shape index (κ1) is 15.3. The third-order valence-corrected chi connectivity index (χ3v) is 3.94. The highest BCUT2D eigenvalue weighted by molar-refractivity contribution is 5.44. The average molecular weight is 275 g/mol. The molecule has 1 aromatic heterocycles. The summed E-state index contributed by atoms with van der Waals surface area (Å²) < 4.78 is 0. The summed E-state index contributed by atoms with van der Waals surface area (Å²) in [6.45, 7) is 12.0. The Morgan fingerprint density at radius 1 is 1.30 bits per heavy atom. The molecule has 0 bridgehead atoms. The van der Waals surface area contributed by atoms with E-state index in [1.165, 1.54) is 36.5 Å². The highest BCUT2D eigenvalue weighted by Gasteiger charge is 2.26. The Morgan fingerprint density at radius 3 is 2.60 bits per heavy atom. The number of aromatic nitrogens is 1. The Labute approximate surface area is 123 Å². The zero-order valence-electron chi connectivity index (χ0n) is 13.4. The monoisotopic (exact) mass is 275 g/mol. The highest BCUT2D eigenvalue weighted by atomic mass is 15.2. The molecular formula is C17H29N3. The fraction of sp³-hybridized carbons (Fsp3) is 0.706. The predicted octanol–water partition coefficient (Wildman–Crippen LogP) is 3.38. The lowest BCUT2D eigenvalue weighted by Crippen LogP contribution is -2.33. The van der Waals surface area contributed by atoms with Crippen molar-refractivity contribution in [3.8, 4) is 0 Å². The number of hydrogen-bond acceptors (Lipinski definition) is 3. The molecule has 3 nitrogen and oxygen atoms in total. The van der Waals surface area contributed by atoms with Crippen molar-refractivity contribution in [1.82, 2.24) is 10.3 Å². The van der Waals surface area contributed by atoms with Gasteiger partial charge in [0.2, 0.25) is 0 Å². The smallest absolute Gasteiger partial charge is 0.129 e. The lowest BCUT2D eigenvalue weighted by molar-refractivity contribution is 0.633. The zero-order valence-corrected chi connectivity index (χ0v) is 13.4. The molecular weight excluding hydrogens is 246 g/mol. The van der Waals surface area contributed by atoms with Crippen LogP contribution in [0.1, 0.15) is 51.8 Å². The molecule has 1 saturated carbocycles. The molecule has 112 valence electrons. The van der Waals surface area contributed by atoms with E-state index in [2.05, 4.69) is 50.0 Å². The van der Waals surface area contributed by atoms with Crippen LogP contribution in [0.4, 0.5) is 5.82 Å². The Morgan fingerprint density at radius 2 is 2.05 bits per heavy atom. The first-order chi connectivity index (χ1) is 9.63. The number of nitrogens with one attached hydrogen (secondary N) is 1. The summed E-state index contributed by atoms with van der Waals surface area (Å²) >= 11 is 0. The molecule has 0 amide bonds. The standard InChI is InChI=1S/C17H29N3/c1-5-16-9-15(11-18-6-2)10-17(19-16)20(13(3)4)12-14-7-8-14/h9-10,13-14,18H,5-8,11-12H2,1-4H3. The fourth-order valence-electron chi connectivity index (χ4n) is 2.48. The first-order valence-electron chi connectivity index (χ1n) is 8.11. The van der Waals surface area contributed by atoms with Crippen LogP contribution in [0, 0.1) is 5.92 Å². The fourth-order valence-corrected chi connectivity index (χ4v) is 2.48. The average Bonchev–Trinajstić information content (AvgIpc) is 3.25. The highest BCUT2D eigenvalue weighted by Crippen LogP contribution is 2.32. The summed E-state index contributed by atoms with van der Waals surface area (Å²) in [4.78, 5) is 7.34. The van der Waals surface area contributed by atoms with Crippen molar-refractivity contribution in [3.05, 3.63) is 23.4 Å². The van der Waals surface area contributed by atoms with Gasteiger partial charge in [0.1, 0.15) is 5.82 Å². The van der Waals surface area contributed by atoms with E-state index in [-0.39, 0.29) is 0 Å². The second kappa shape index (κ2) is 7.07. The maximum atomic E-state index is 4.86. The van der Waals surface area contributed by atoms with E-state index in [1.807, 2.05) is 0 Å². The second-order valence-electron chi connectivity index (χ2n) is 6.15. The largest absolute Gasteiger partial charge is 0.354 e. The van der Waals surface area contributed by atoms with Gasteiger partial charge in [0, 0.05) is 24.8 Å². The lowest BCUT2D eigenvalue weighted by Gasteiger charge is -2.29. The molecule has 1 N–H and O–H groups in total. The van der Waals surface area contributed by atoms with Gasteiger partial charge in [0.15, 0.2) is 0 Å². The van der Waals surface area contributed by atoms with Crippen molar-refractivity contribution in [2.45, 2.75) is 59.5 Å². The molecule has 1 heterocycles. The molecule has 0 aromatic carbocycles. The minimum atomic E-state index is 0.516. The number of anilines is 1. The molecule has 0 unspecified atom stereocenters. The minimum Gasteiger partial charge on any atom is -0.354 e. The van der Waals surface area contributed by atoms with E-state index in [0.717, 1.165) is 25.4 Å². The van der Waals surface area contributed by atoms with Gasteiger partial charge in [-0.05, 0) is 63.3 Å². The lowest BCUT2D eigenvalue weighted by atomic mass is 10.1. The Balaban J connectivity index is 2.21. The van der Waals surface area contributed by atoms with Gasteiger partial charge < -0.3 is 10.2 Å². The number of aryl methyl sites for hydroxylation is 1. The quantitative estimate of drug-likeness (QED) is 0.788. The van der Waals surface area contributed by atoms with E-state index >= 15 is 0 Å². The molecule has 1 fully saturated rings. The number of rotatable bonds is 8. The normalized spacial score (nSPS) is 14.8. The summed E-state index contributed by atoms with van der Waals surface area (Å²) in [7, 11) is 0. The van der Waals surface area contributed by atoms with Gasteiger partial charge in [-0.1, -0.05) is 13.8 Å². The molecule has 0 radical (unpaired) electrons. The van der Waals surface area contributed by atoms with Gasteiger partial charge in [-0.3, -0.25) is 0 Å². The second-order valence-corrected chi connectivity index (χ2v) is 6.15. The zero-order chi connectivity index (χ0) is 14.5. The number of pyridine rings is 1. The summed E-state index contributed by atoms with van der Waals surface area (Å²) in [6, 6.07) is 5.02. The van der Waals surface area contributed by atoms with Gasteiger partial charge in [-0.25, -0.2) is 4.98 Å². The molecule has 20 heavy (non-hydrogen) atoms. The van der Waals surface area contributed by atoms with Crippen LogP contribution in [0.25, 0.3) is 0 Å². The summed E-state index contributed by atoms with van der Waals surface area (Å²) in [5.74, 6) is 2.06. The van der Waals surface area contributed by atoms with Gasteiger partial charge in [0.25, 0.3) is 0 Å². The summed E-state index contributed by atoms with van der Waals surface area (Å²) in [6.07, 6.45) is 3.78. The summed E-state index contributed by atoms with van der Waals surface area (Å²) in [5.41, 5.74) is 2.56. The molecule has 1 aliphatic carbocycles. The van der Waals surface area contributed by atoms with Crippen molar-refractivity contribution >= 4 is 5.82 Å². The molecule has 1 aromatic rings. The van der Waals surface area contributed by atoms with Crippen molar-refractivity contribution in [1.29, 1.82) is 0 Å². The Kier molecular flexibility index (Phi) is 5.41. The van der Waals surface area contributed by atoms with E-state index in [1.54, 1.807) is 0 Å². The van der Waals surface area contributed by atoms with Gasteiger partial charge in [-0.2, -0.15) is 0 Å². The Bertz CT molecular complexity index is 424. The predicted molar refractivity (Wildman–Crippen MR) is 86.2 cm³/mol. The van der Waals surface area contributed by atoms with Crippen molar-refractivity contribution in [2.24, 2.45) is 5.92 Å². The van der Waals surface area contributed by atoms with Crippen molar-refractivity contribution in [3.63, 3.8) is 0 Å². The molecule has 0 atom stereocenters. The Hall–Kier alpha value is -1.09. The van der Waals surface area contributed by atoms with Crippen LogP contribution in [0.3, 0.4) is 0 Å².